The number of aromatic nitrogens is 1. The highest BCUT2D eigenvalue weighted by Crippen LogP contribution is 2.24. The number of methoxy groups -OCH3 is 1. The van der Waals surface area contributed by atoms with E-state index in [0.717, 1.165) is 16.7 Å². The first-order valence-corrected chi connectivity index (χ1v) is 6.70. The van der Waals surface area contributed by atoms with Crippen molar-refractivity contribution in [3.8, 4) is 11.1 Å². The number of rotatable bonds is 6. The largest absolute Gasteiger partial charge is 0.390 e. The van der Waals surface area contributed by atoms with Crippen molar-refractivity contribution in [2.24, 2.45) is 5.73 Å². The molecule has 2 aromatic rings. The summed E-state index contributed by atoms with van der Waals surface area (Å²) in [7, 11) is 1.52. The number of halogens is 1. The molecule has 2 rings (SSSR count). The number of aliphatic hydroxyl groups excluding tert-OH is 1. The van der Waals surface area contributed by atoms with Gasteiger partial charge in [0.05, 0.1) is 24.4 Å². The molecule has 0 bridgehead atoms. The minimum Gasteiger partial charge on any atom is -0.390 e. The molecule has 0 aliphatic heterocycles. The van der Waals surface area contributed by atoms with Gasteiger partial charge in [0.1, 0.15) is 6.67 Å². The summed E-state index contributed by atoms with van der Waals surface area (Å²) < 4.78 is 18.0. The fourth-order valence-corrected chi connectivity index (χ4v) is 2.19. The molecule has 0 spiro atoms. The third-order valence-corrected chi connectivity index (χ3v) is 3.38. The molecule has 1 heterocycles. The first-order chi connectivity index (χ1) is 10.2. The number of nitrogens with two attached hydrogens (primary N) is 1. The number of hydrogen-bond donors (Lipinski definition) is 2. The Morgan fingerprint density at radius 1 is 1.19 bits per heavy atom. The van der Waals surface area contributed by atoms with Gasteiger partial charge >= 0.3 is 0 Å². The van der Waals surface area contributed by atoms with Gasteiger partial charge in [-0.3, -0.25) is 4.98 Å². The number of benzene rings is 1. The van der Waals surface area contributed by atoms with Crippen LogP contribution in [0.4, 0.5) is 4.39 Å². The average molecular weight is 290 g/mol. The lowest BCUT2D eigenvalue weighted by Crippen LogP contribution is -2.31. The summed E-state index contributed by atoms with van der Waals surface area (Å²) in [6, 6.07) is 10.6. The van der Waals surface area contributed by atoms with Crippen LogP contribution in [-0.2, 0) is 11.3 Å². The van der Waals surface area contributed by atoms with Crippen LogP contribution in [0.3, 0.4) is 0 Å². The highest BCUT2D eigenvalue weighted by atomic mass is 19.1. The van der Waals surface area contributed by atoms with E-state index in [2.05, 4.69) is 4.98 Å². The van der Waals surface area contributed by atoms with E-state index >= 15 is 0 Å². The zero-order chi connectivity index (χ0) is 15.2. The van der Waals surface area contributed by atoms with Crippen molar-refractivity contribution in [1.29, 1.82) is 0 Å². The highest BCUT2D eigenvalue weighted by Gasteiger charge is 2.19. The fourth-order valence-electron chi connectivity index (χ4n) is 2.19. The van der Waals surface area contributed by atoms with Gasteiger partial charge in [-0.2, -0.15) is 0 Å². The van der Waals surface area contributed by atoms with Gasteiger partial charge in [0.2, 0.25) is 0 Å². The molecular formula is C16H19FN2O2. The van der Waals surface area contributed by atoms with Gasteiger partial charge in [-0.05, 0) is 17.2 Å². The zero-order valence-corrected chi connectivity index (χ0v) is 11.9. The number of aliphatic hydroxyl groups is 1. The molecule has 112 valence electrons. The molecule has 1 aromatic heterocycles. The lowest BCUT2D eigenvalue weighted by Gasteiger charge is -2.20. The maximum absolute atomic E-state index is 12.7. The van der Waals surface area contributed by atoms with E-state index in [4.69, 9.17) is 15.6 Å². The quantitative estimate of drug-likeness (QED) is 0.856. The third-order valence-electron chi connectivity index (χ3n) is 3.38. The Hall–Kier alpha value is -1.82. The van der Waals surface area contributed by atoms with Gasteiger partial charge < -0.3 is 15.6 Å². The third kappa shape index (κ3) is 3.64. The summed E-state index contributed by atoms with van der Waals surface area (Å²) in [6.45, 7) is -0.706. The van der Waals surface area contributed by atoms with Crippen LogP contribution >= 0.6 is 0 Å². The van der Waals surface area contributed by atoms with Crippen molar-refractivity contribution in [1.82, 2.24) is 4.98 Å². The first-order valence-electron chi connectivity index (χ1n) is 6.70. The summed E-state index contributed by atoms with van der Waals surface area (Å²) in [5.41, 5.74) is 9.11. The number of nitrogens with zero attached hydrogens (tertiary/aromatic N) is 1. The van der Waals surface area contributed by atoms with Crippen molar-refractivity contribution in [2.45, 2.75) is 18.8 Å². The first kappa shape index (κ1) is 15.6. The second-order valence-electron chi connectivity index (χ2n) is 4.79. The lowest BCUT2D eigenvalue weighted by atomic mass is 9.99. The van der Waals surface area contributed by atoms with E-state index in [-0.39, 0.29) is 6.61 Å². The zero-order valence-electron chi connectivity index (χ0n) is 11.9. The van der Waals surface area contributed by atoms with Gasteiger partial charge in [-0.25, -0.2) is 4.39 Å². The van der Waals surface area contributed by atoms with E-state index in [1.165, 1.54) is 7.11 Å². The van der Waals surface area contributed by atoms with Gasteiger partial charge in [-0.15, -0.1) is 0 Å². The Labute approximate surface area is 123 Å². The van der Waals surface area contributed by atoms with E-state index < -0.39 is 18.8 Å². The molecule has 0 saturated carbocycles. The molecule has 0 aliphatic rings. The molecule has 0 unspecified atom stereocenters. The van der Waals surface area contributed by atoms with Gasteiger partial charge in [-0.1, -0.05) is 30.3 Å². The van der Waals surface area contributed by atoms with Crippen LogP contribution in [0.5, 0.6) is 0 Å². The monoisotopic (exact) mass is 290 g/mol. The van der Waals surface area contributed by atoms with E-state index in [0.29, 0.717) is 5.69 Å². The average Bonchev–Trinajstić information content (AvgIpc) is 2.56. The van der Waals surface area contributed by atoms with E-state index in [1.54, 1.807) is 12.3 Å². The summed E-state index contributed by atoms with van der Waals surface area (Å²) in [6.07, 6.45) is 1.25. The van der Waals surface area contributed by atoms with Crippen LogP contribution in [-0.4, -0.2) is 29.9 Å². The predicted molar refractivity (Wildman–Crippen MR) is 79.3 cm³/mol. The lowest BCUT2D eigenvalue weighted by molar-refractivity contribution is 0.0721. The Bertz CT molecular complexity index is 557. The summed E-state index contributed by atoms with van der Waals surface area (Å²) in [4.78, 5) is 4.14. The van der Waals surface area contributed by atoms with Gasteiger partial charge in [0.25, 0.3) is 0 Å². The van der Waals surface area contributed by atoms with Crippen LogP contribution in [0, 0.1) is 0 Å². The fraction of sp³-hybridized carbons (Fsp3) is 0.312. The van der Waals surface area contributed by atoms with Crippen LogP contribution < -0.4 is 5.73 Å². The minimum absolute atomic E-state index is 0.0736. The molecular weight excluding hydrogens is 271 g/mol. The molecule has 0 amide bonds. The molecule has 0 fully saturated rings. The molecule has 3 N–H and O–H groups in total. The van der Waals surface area contributed by atoms with E-state index in [9.17, 15) is 4.39 Å². The molecule has 0 aliphatic carbocycles. The predicted octanol–water partition coefficient (Wildman–Crippen LogP) is 2.23. The van der Waals surface area contributed by atoms with Crippen molar-refractivity contribution in [3.05, 3.63) is 53.9 Å². The van der Waals surface area contributed by atoms with Crippen LogP contribution in [0.2, 0.25) is 0 Å². The summed E-state index contributed by atoms with van der Waals surface area (Å²) in [5.74, 6) is 0. The van der Waals surface area contributed by atoms with Gasteiger partial charge in [0.15, 0.2) is 0 Å². The number of alkyl halides is 1. The van der Waals surface area contributed by atoms with Crippen molar-refractivity contribution in [3.63, 3.8) is 0 Å². The Kier molecular flexibility index (Phi) is 5.38. The second-order valence-corrected chi connectivity index (χ2v) is 4.79. The van der Waals surface area contributed by atoms with Gasteiger partial charge in [0, 0.05) is 18.9 Å². The summed E-state index contributed by atoms with van der Waals surface area (Å²) in [5, 5.41) is 8.98. The van der Waals surface area contributed by atoms with Crippen LogP contribution in [0.25, 0.3) is 11.1 Å². The maximum Gasteiger partial charge on any atom is 0.107 e. The van der Waals surface area contributed by atoms with Crippen molar-refractivity contribution >= 4 is 0 Å². The smallest absolute Gasteiger partial charge is 0.107 e. The minimum atomic E-state index is -0.675. The topological polar surface area (TPSA) is 68.4 Å². The molecule has 21 heavy (non-hydrogen) atoms. The van der Waals surface area contributed by atoms with Crippen LogP contribution in [0.15, 0.2) is 42.6 Å². The SMILES string of the molecule is CO[C@H](c1ccc(-c2ccc(CO)nc2)cc1)[C@H](N)CF. The van der Waals surface area contributed by atoms with Crippen molar-refractivity contribution < 1.29 is 14.2 Å². The number of pyridine rings is 1. The second kappa shape index (κ2) is 7.26. The molecule has 5 heteroatoms. The Morgan fingerprint density at radius 3 is 2.33 bits per heavy atom. The Morgan fingerprint density at radius 2 is 1.86 bits per heavy atom. The molecule has 2 atom stereocenters. The molecule has 1 aromatic carbocycles. The summed E-state index contributed by atoms with van der Waals surface area (Å²) >= 11 is 0. The number of hydrogen-bond acceptors (Lipinski definition) is 4. The standard InChI is InChI=1S/C16H19FN2O2/c1-21-16(15(18)8-17)12-4-2-11(3-5-12)13-6-7-14(10-20)19-9-13/h2-7,9,15-16,20H,8,10,18H2,1H3/t15-,16-/m1/s1. The highest BCUT2D eigenvalue weighted by molar-refractivity contribution is 5.62. The van der Waals surface area contributed by atoms with Crippen LogP contribution in [0.1, 0.15) is 17.4 Å². The molecule has 4 nitrogen and oxygen atoms in total. The Balaban J connectivity index is 2.21. The maximum atomic E-state index is 12.7. The van der Waals surface area contributed by atoms with Crippen molar-refractivity contribution in [2.75, 3.05) is 13.8 Å². The number of ether oxygens (including phenoxy) is 1. The molecule has 0 saturated heterocycles. The molecule has 0 radical (unpaired) electrons. The van der Waals surface area contributed by atoms with E-state index in [1.807, 2.05) is 30.3 Å². The normalized spacial score (nSPS) is 13.9.